The van der Waals surface area contributed by atoms with Crippen molar-refractivity contribution < 1.29 is 4.79 Å². The average Bonchev–Trinajstić information content (AvgIpc) is 2.84. The van der Waals surface area contributed by atoms with Crippen LogP contribution in [0.4, 0.5) is 5.69 Å². The number of amides is 1. The molecule has 18 heavy (non-hydrogen) atoms. The fourth-order valence-electron chi connectivity index (χ4n) is 1.30. The Kier molecular flexibility index (Phi) is 4.58. The maximum Gasteiger partial charge on any atom is 0.248 e. The van der Waals surface area contributed by atoms with Gasteiger partial charge in [0, 0.05) is 21.1 Å². The van der Waals surface area contributed by atoms with Crippen LogP contribution < -0.4 is 5.32 Å². The molecule has 0 fully saturated rings. The molecule has 1 N–H and O–H groups in total. The first kappa shape index (κ1) is 13.3. The van der Waals surface area contributed by atoms with Crippen LogP contribution in [0.15, 0.2) is 46.3 Å². The van der Waals surface area contributed by atoms with E-state index in [4.69, 9.17) is 11.6 Å². The van der Waals surface area contributed by atoms with Crippen LogP contribution in [0, 0.1) is 0 Å². The molecule has 0 unspecified atom stereocenters. The Morgan fingerprint density at radius 1 is 1.39 bits per heavy atom. The van der Waals surface area contributed by atoms with Crippen molar-refractivity contribution in [1.29, 1.82) is 0 Å². The van der Waals surface area contributed by atoms with Gasteiger partial charge in [-0.25, -0.2) is 0 Å². The van der Waals surface area contributed by atoms with Crippen LogP contribution in [-0.2, 0) is 4.79 Å². The topological polar surface area (TPSA) is 29.1 Å². The zero-order valence-corrected chi connectivity index (χ0v) is 12.3. The van der Waals surface area contributed by atoms with E-state index in [1.807, 2.05) is 17.5 Å². The lowest BCUT2D eigenvalue weighted by Crippen LogP contribution is -2.07. The van der Waals surface area contributed by atoms with E-state index < -0.39 is 0 Å². The van der Waals surface area contributed by atoms with Crippen molar-refractivity contribution in [3.05, 3.63) is 56.2 Å². The highest BCUT2D eigenvalue weighted by atomic mass is 79.9. The number of carbonyl (C=O) groups excluding carboxylic acids is 1. The zero-order chi connectivity index (χ0) is 13.0. The lowest BCUT2D eigenvalue weighted by atomic mass is 10.3. The average molecular weight is 343 g/mol. The Bertz CT molecular complexity index is 581. The summed E-state index contributed by atoms with van der Waals surface area (Å²) in [7, 11) is 0. The van der Waals surface area contributed by atoms with E-state index in [-0.39, 0.29) is 5.91 Å². The summed E-state index contributed by atoms with van der Waals surface area (Å²) in [5, 5.41) is 5.28. The van der Waals surface area contributed by atoms with E-state index in [0.29, 0.717) is 10.7 Å². The quantitative estimate of drug-likeness (QED) is 0.796. The number of rotatable bonds is 3. The second-order valence-corrected chi connectivity index (χ2v) is 5.71. The molecule has 2 rings (SSSR count). The molecule has 1 heterocycles. The first-order valence-corrected chi connectivity index (χ1v) is 7.18. The number of nitrogens with one attached hydrogen (secondary N) is 1. The number of hydrogen-bond donors (Lipinski definition) is 1. The minimum atomic E-state index is -0.179. The number of halogens is 2. The van der Waals surface area contributed by atoms with Crippen molar-refractivity contribution in [2.24, 2.45) is 0 Å². The van der Waals surface area contributed by atoms with Crippen molar-refractivity contribution in [1.82, 2.24) is 0 Å². The Morgan fingerprint density at radius 2 is 2.22 bits per heavy atom. The van der Waals surface area contributed by atoms with Crippen molar-refractivity contribution in [3.8, 4) is 0 Å². The van der Waals surface area contributed by atoms with Gasteiger partial charge in [0.1, 0.15) is 0 Å². The largest absolute Gasteiger partial charge is 0.322 e. The number of hydrogen-bond acceptors (Lipinski definition) is 2. The molecule has 0 spiro atoms. The molecule has 0 aliphatic rings. The fourth-order valence-corrected chi connectivity index (χ4v) is 2.35. The maximum atomic E-state index is 11.7. The molecule has 2 nitrogen and oxygen atoms in total. The molecule has 0 saturated carbocycles. The highest BCUT2D eigenvalue weighted by Crippen LogP contribution is 2.25. The van der Waals surface area contributed by atoms with Gasteiger partial charge >= 0.3 is 0 Å². The standard InChI is InChI=1S/C13H9BrClNOS/c14-11-5-3-9(8-12(11)15)16-13(17)6-4-10-2-1-7-18-10/h1-8H,(H,16,17)/b6-4+. The van der Waals surface area contributed by atoms with Crippen molar-refractivity contribution in [3.63, 3.8) is 0 Å². The van der Waals surface area contributed by atoms with Gasteiger partial charge in [-0.05, 0) is 51.7 Å². The first-order valence-electron chi connectivity index (χ1n) is 5.13. The van der Waals surface area contributed by atoms with Crippen LogP contribution in [0.2, 0.25) is 5.02 Å². The summed E-state index contributed by atoms with van der Waals surface area (Å²) in [5.74, 6) is -0.179. The lowest BCUT2D eigenvalue weighted by Gasteiger charge is -2.03. The smallest absolute Gasteiger partial charge is 0.248 e. The van der Waals surface area contributed by atoms with E-state index in [2.05, 4.69) is 21.2 Å². The van der Waals surface area contributed by atoms with Crippen molar-refractivity contribution >= 4 is 56.5 Å². The SMILES string of the molecule is O=C(/C=C/c1cccs1)Nc1ccc(Br)c(Cl)c1. The number of benzene rings is 1. The summed E-state index contributed by atoms with van der Waals surface area (Å²) < 4.78 is 0.802. The molecule has 1 aromatic heterocycles. The van der Waals surface area contributed by atoms with Crippen LogP contribution in [-0.4, -0.2) is 5.91 Å². The number of anilines is 1. The Labute approximate surface area is 122 Å². The van der Waals surface area contributed by atoms with E-state index in [1.54, 1.807) is 35.6 Å². The van der Waals surface area contributed by atoms with Crippen LogP contribution in [0.25, 0.3) is 6.08 Å². The van der Waals surface area contributed by atoms with Gasteiger partial charge in [0.05, 0.1) is 5.02 Å². The molecular weight excluding hydrogens is 334 g/mol. The molecule has 0 atom stereocenters. The summed E-state index contributed by atoms with van der Waals surface area (Å²) in [6, 6.07) is 9.16. The van der Waals surface area contributed by atoms with E-state index in [9.17, 15) is 4.79 Å². The van der Waals surface area contributed by atoms with Gasteiger partial charge in [-0.2, -0.15) is 0 Å². The summed E-state index contributed by atoms with van der Waals surface area (Å²) in [5.41, 5.74) is 0.670. The molecule has 0 aliphatic carbocycles. The molecule has 0 saturated heterocycles. The molecule has 92 valence electrons. The Hall–Kier alpha value is -1.10. The van der Waals surface area contributed by atoms with Crippen molar-refractivity contribution in [2.45, 2.75) is 0 Å². The Morgan fingerprint density at radius 3 is 2.89 bits per heavy atom. The zero-order valence-electron chi connectivity index (χ0n) is 9.19. The molecule has 0 bridgehead atoms. The summed E-state index contributed by atoms with van der Waals surface area (Å²) >= 11 is 10.8. The third kappa shape index (κ3) is 3.70. The van der Waals surface area contributed by atoms with Gasteiger partial charge < -0.3 is 5.32 Å². The second-order valence-electron chi connectivity index (χ2n) is 3.47. The third-order valence-corrected chi connectivity index (χ3v) is 4.20. The van der Waals surface area contributed by atoms with Gasteiger partial charge in [0.2, 0.25) is 5.91 Å². The molecule has 1 amide bonds. The lowest BCUT2D eigenvalue weighted by molar-refractivity contribution is -0.111. The van der Waals surface area contributed by atoms with Crippen LogP contribution in [0.3, 0.4) is 0 Å². The normalized spacial score (nSPS) is 10.8. The third-order valence-electron chi connectivity index (χ3n) is 2.13. The van der Waals surface area contributed by atoms with Gasteiger partial charge in [-0.3, -0.25) is 4.79 Å². The van der Waals surface area contributed by atoms with Crippen molar-refractivity contribution in [2.75, 3.05) is 5.32 Å². The first-order chi connectivity index (χ1) is 8.65. The summed E-state index contributed by atoms with van der Waals surface area (Å²) in [6.45, 7) is 0. The van der Waals surface area contributed by atoms with E-state index >= 15 is 0 Å². The van der Waals surface area contributed by atoms with Gasteiger partial charge in [-0.15, -0.1) is 11.3 Å². The van der Waals surface area contributed by atoms with Crippen LogP contribution in [0.1, 0.15) is 4.88 Å². The van der Waals surface area contributed by atoms with Gasteiger partial charge in [0.15, 0.2) is 0 Å². The van der Waals surface area contributed by atoms with Crippen LogP contribution >= 0.6 is 38.9 Å². The maximum absolute atomic E-state index is 11.7. The molecule has 0 radical (unpaired) electrons. The molecule has 0 aliphatic heterocycles. The second kappa shape index (κ2) is 6.18. The Balaban J connectivity index is 2.01. The number of carbonyl (C=O) groups is 1. The molecule has 5 heteroatoms. The highest BCUT2D eigenvalue weighted by Gasteiger charge is 2.01. The highest BCUT2D eigenvalue weighted by molar-refractivity contribution is 9.10. The summed E-state index contributed by atoms with van der Waals surface area (Å²) in [6.07, 6.45) is 3.28. The predicted octanol–water partition coefficient (Wildman–Crippen LogP) is 4.82. The predicted molar refractivity (Wildman–Crippen MR) is 81.1 cm³/mol. The summed E-state index contributed by atoms with van der Waals surface area (Å²) in [4.78, 5) is 12.7. The monoisotopic (exact) mass is 341 g/mol. The minimum absolute atomic E-state index is 0.179. The van der Waals surface area contributed by atoms with E-state index in [0.717, 1.165) is 9.35 Å². The molecular formula is C13H9BrClNOS. The van der Waals surface area contributed by atoms with Crippen LogP contribution in [0.5, 0.6) is 0 Å². The van der Waals surface area contributed by atoms with E-state index in [1.165, 1.54) is 6.08 Å². The molecule has 2 aromatic rings. The molecule has 1 aromatic carbocycles. The fraction of sp³-hybridized carbons (Fsp3) is 0. The van der Waals surface area contributed by atoms with Gasteiger partial charge in [-0.1, -0.05) is 17.7 Å². The number of thiophene rings is 1. The van der Waals surface area contributed by atoms with Gasteiger partial charge in [0.25, 0.3) is 0 Å². The minimum Gasteiger partial charge on any atom is -0.322 e.